The Hall–Kier alpha value is -3.07. The molecule has 3 aromatic rings. The minimum absolute atomic E-state index is 0.0299. The summed E-state index contributed by atoms with van der Waals surface area (Å²) in [5.41, 5.74) is 2.88. The van der Waals surface area contributed by atoms with Gasteiger partial charge in [0, 0.05) is 32.0 Å². The maximum atomic E-state index is 11.4. The number of hydrogen-bond acceptors (Lipinski definition) is 7. The molecule has 0 spiro atoms. The van der Waals surface area contributed by atoms with Crippen molar-refractivity contribution in [1.29, 1.82) is 0 Å². The molecule has 2 N–H and O–H groups in total. The van der Waals surface area contributed by atoms with Gasteiger partial charge in [0.05, 0.1) is 19.8 Å². The molecule has 1 saturated heterocycles. The van der Waals surface area contributed by atoms with Gasteiger partial charge >= 0.3 is 0 Å². The molecule has 36 heavy (non-hydrogen) atoms. The molecule has 2 atom stereocenters. The van der Waals surface area contributed by atoms with Gasteiger partial charge in [-0.05, 0) is 67.6 Å². The molecule has 1 fully saturated rings. The van der Waals surface area contributed by atoms with E-state index in [2.05, 4.69) is 16.1 Å². The highest BCUT2D eigenvalue weighted by Gasteiger charge is 2.42. The Morgan fingerprint density at radius 2 is 1.89 bits per heavy atom. The van der Waals surface area contributed by atoms with Crippen molar-refractivity contribution in [2.45, 2.75) is 52.0 Å². The summed E-state index contributed by atoms with van der Waals surface area (Å²) >= 11 is 0. The van der Waals surface area contributed by atoms with Crippen LogP contribution < -0.4 is 14.2 Å². The van der Waals surface area contributed by atoms with Crippen LogP contribution >= 0.6 is 0 Å². The molecule has 1 aliphatic rings. The van der Waals surface area contributed by atoms with Crippen LogP contribution in [0.5, 0.6) is 17.2 Å². The topological polar surface area (TPSA) is 89.2 Å². The van der Waals surface area contributed by atoms with E-state index < -0.39 is 11.7 Å². The minimum atomic E-state index is -1.36. The Morgan fingerprint density at radius 1 is 1.08 bits per heavy atom. The molecule has 1 aromatic heterocycles. The molecular weight excluding hydrogens is 458 g/mol. The average molecular weight is 496 g/mol. The number of piperidine rings is 1. The fraction of sp³-hybridized carbons (Fsp3) is 0.464. The number of β-amino-alcohol motifs (C(OH)–C–C–N with tert-alkyl or cyclic N) is 1. The summed E-state index contributed by atoms with van der Waals surface area (Å²) in [6.07, 6.45) is 3.26. The summed E-state index contributed by atoms with van der Waals surface area (Å²) in [5.74, 6) is 2.12. The fourth-order valence-corrected chi connectivity index (χ4v) is 4.64. The standard InChI is InChI=1S/C28H37N3O5/c1-20-6-7-21(2)27(22(20)3)36-19-28(33)18-30(13-10-26(28)32)17-23-8-9-24(25(16-23)34-4)35-15-14-31-12-5-11-29-31/h5-9,11-12,16,26,32-33H,10,13-15,17-19H2,1-4H3/t26-,28-/m0/s1. The van der Waals surface area contributed by atoms with Crippen LogP contribution in [0.3, 0.4) is 0 Å². The molecule has 4 rings (SSSR count). The summed E-state index contributed by atoms with van der Waals surface area (Å²) in [4.78, 5) is 2.14. The van der Waals surface area contributed by atoms with Crippen LogP contribution in [0.25, 0.3) is 0 Å². The number of benzene rings is 2. The number of rotatable bonds is 10. The van der Waals surface area contributed by atoms with E-state index in [1.54, 1.807) is 13.3 Å². The molecule has 194 valence electrons. The number of aliphatic hydroxyl groups excluding tert-OH is 1. The van der Waals surface area contributed by atoms with Crippen molar-refractivity contribution in [2.24, 2.45) is 0 Å². The first-order valence-electron chi connectivity index (χ1n) is 12.4. The molecule has 2 heterocycles. The maximum absolute atomic E-state index is 11.4. The fourth-order valence-electron chi connectivity index (χ4n) is 4.64. The normalized spacial score (nSPS) is 20.3. The Balaban J connectivity index is 1.38. The van der Waals surface area contributed by atoms with Gasteiger partial charge in [-0.25, -0.2) is 0 Å². The van der Waals surface area contributed by atoms with Crippen molar-refractivity contribution in [1.82, 2.24) is 14.7 Å². The van der Waals surface area contributed by atoms with Crippen LogP contribution in [0.15, 0.2) is 48.8 Å². The Labute approximate surface area is 213 Å². The first-order chi connectivity index (χ1) is 17.3. The smallest absolute Gasteiger partial charge is 0.161 e. The van der Waals surface area contributed by atoms with Crippen molar-refractivity contribution in [3.63, 3.8) is 0 Å². The third-order valence-corrected chi connectivity index (χ3v) is 6.95. The van der Waals surface area contributed by atoms with Crippen LogP contribution in [0.2, 0.25) is 0 Å². The Bertz CT molecular complexity index is 1150. The molecule has 0 unspecified atom stereocenters. The summed E-state index contributed by atoms with van der Waals surface area (Å²) in [6.45, 7) is 8.81. The van der Waals surface area contributed by atoms with E-state index in [4.69, 9.17) is 14.2 Å². The zero-order chi connectivity index (χ0) is 25.7. The van der Waals surface area contributed by atoms with Gasteiger partial charge in [0.1, 0.15) is 24.6 Å². The number of aryl methyl sites for hydroxylation is 2. The van der Waals surface area contributed by atoms with Gasteiger partial charge in [-0.2, -0.15) is 5.10 Å². The van der Waals surface area contributed by atoms with Crippen LogP contribution in [-0.4, -0.2) is 70.0 Å². The van der Waals surface area contributed by atoms with Gasteiger partial charge in [-0.1, -0.05) is 18.2 Å². The molecule has 1 aliphatic heterocycles. The summed E-state index contributed by atoms with van der Waals surface area (Å²) in [6, 6.07) is 11.8. The van der Waals surface area contributed by atoms with Crippen molar-refractivity contribution in [2.75, 3.05) is 33.4 Å². The highest BCUT2D eigenvalue weighted by molar-refractivity contribution is 5.45. The maximum Gasteiger partial charge on any atom is 0.161 e. The van der Waals surface area contributed by atoms with Crippen molar-refractivity contribution in [3.05, 3.63) is 71.0 Å². The van der Waals surface area contributed by atoms with E-state index >= 15 is 0 Å². The Morgan fingerprint density at radius 3 is 2.64 bits per heavy atom. The van der Waals surface area contributed by atoms with Gasteiger partial charge in [-0.15, -0.1) is 0 Å². The highest BCUT2D eigenvalue weighted by atomic mass is 16.5. The van der Waals surface area contributed by atoms with Crippen molar-refractivity contribution >= 4 is 0 Å². The molecule has 0 saturated carbocycles. The lowest BCUT2D eigenvalue weighted by Crippen LogP contribution is -2.59. The van der Waals surface area contributed by atoms with E-state index in [1.165, 1.54) is 0 Å². The zero-order valence-electron chi connectivity index (χ0n) is 21.6. The summed E-state index contributed by atoms with van der Waals surface area (Å²) in [5, 5.41) is 26.2. The number of aromatic nitrogens is 2. The molecule has 8 nitrogen and oxygen atoms in total. The predicted molar refractivity (Wildman–Crippen MR) is 138 cm³/mol. The Kier molecular flexibility index (Phi) is 8.18. The molecule has 0 aliphatic carbocycles. The van der Waals surface area contributed by atoms with Gasteiger partial charge in [0.2, 0.25) is 0 Å². The number of likely N-dealkylation sites (tertiary alicyclic amines) is 1. The third-order valence-electron chi connectivity index (χ3n) is 6.95. The van der Waals surface area contributed by atoms with Crippen molar-refractivity contribution in [3.8, 4) is 17.2 Å². The monoisotopic (exact) mass is 495 g/mol. The highest BCUT2D eigenvalue weighted by Crippen LogP contribution is 2.31. The number of nitrogens with zero attached hydrogens (tertiary/aromatic N) is 3. The van der Waals surface area contributed by atoms with Crippen LogP contribution in [-0.2, 0) is 13.1 Å². The largest absolute Gasteiger partial charge is 0.493 e. The lowest BCUT2D eigenvalue weighted by Gasteiger charge is -2.42. The van der Waals surface area contributed by atoms with E-state index in [9.17, 15) is 10.2 Å². The van der Waals surface area contributed by atoms with E-state index in [-0.39, 0.29) is 6.61 Å². The molecule has 0 bridgehead atoms. The number of aliphatic hydroxyl groups is 2. The lowest BCUT2D eigenvalue weighted by atomic mass is 9.90. The molecular formula is C28H37N3O5. The molecule has 8 heteroatoms. The number of methoxy groups -OCH3 is 1. The van der Waals surface area contributed by atoms with Crippen LogP contribution in [0.4, 0.5) is 0 Å². The van der Waals surface area contributed by atoms with Gasteiger partial charge in [-0.3, -0.25) is 9.58 Å². The van der Waals surface area contributed by atoms with Crippen LogP contribution in [0.1, 0.15) is 28.7 Å². The van der Waals surface area contributed by atoms with Gasteiger partial charge in [0.25, 0.3) is 0 Å². The SMILES string of the molecule is COc1cc(CN2CC[C@H](O)[C@@](O)(COc3c(C)ccc(C)c3C)C2)ccc1OCCn1cccn1. The lowest BCUT2D eigenvalue weighted by molar-refractivity contribution is -0.140. The third kappa shape index (κ3) is 6.00. The van der Waals surface area contributed by atoms with E-state index in [1.807, 2.05) is 62.0 Å². The predicted octanol–water partition coefficient (Wildman–Crippen LogP) is 3.27. The second-order valence-corrected chi connectivity index (χ2v) is 9.66. The van der Waals surface area contributed by atoms with Gasteiger partial charge < -0.3 is 24.4 Å². The second-order valence-electron chi connectivity index (χ2n) is 9.66. The zero-order valence-corrected chi connectivity index (χ0v) is 21.6. The first-order valence-corrected chi connectivity index (χ1v) is 12.4. The average Bonchev–Trinajstić information content (AvgIpc) is 3.38. The van der Waals surface area contributed by atoms with Crippen LogP contribution in [0, 0.1) is 20.8 Å². The molecule has 0 amide bonds. The quantitative estimate of drug-likeness (QED) is 0.446. The van der Waals surface area contributed by atoms with E-state index in [0.717, 1.165) is 28.0 Å². The summed E-state index contributed by atoms with van der Waals surface area (Å²) < 4.78 is 19.4. The minimum Gasteiger partial charge on any atom is -0.493 e. The first kappa shape index (κ1) is 26.0. The molecule has 2 aromatic carbocycles. The van der Waals surface area contributed by atoms with E-state index in [0.29, 0.717) is 50.7 Å². The number of hydrogen-bond donors (Lipinski definition) is 2. The van der Waals surface area contributed by atoms with Gasteiger partial charge in [0.15, 0.2) is 11.5 Å². The van der Waals surface area contributed by atoms with Crippen molar-refractivity contribution < 1.29 is 24.4 Å². The summed E-state index contributed by atoms with van der Waals surface area (Å²) in [7, 11) is 1.63. The molecule has 0 radical (unpaired) electrons. The second kappa shape index (κ2) is 11.3. The number of ether oxygens (including phenoxy) is 3.